The van der Waals surface area contributed by atoms with Crippen LogP contribution in [0.25, 0.3) is 0 Å². The van der Waals surface area contributed by atoms with Crippen LogP contribution in [0.1, 0.15) is 31.1 Å². The van der Waals surface area contributed by atoms with E-state index in [-0.39, 0.29) is 24.0 Å². The standard InChI is InChI=1S/C20H23ClN4O6S/c1-20(2,3)19(27)24-14-6-4-13(5-7-14)18(26)22-10-11-23-32(30,31)17-12-15(25(28)29)8-9-16(17)21/h4-9,12,23H,10-11H2,1-3H3,(H,22,26)(H,24,27). The Hall–Kier alpha value is -3.02. The van der Waals surface area contributed by atoms with Gasteiger partial charge in [0.2, 0.25) is 15.9 Å². The second-order valence-corrected chi connectivity index (χ2v) is 9.95. The van der Waals surface area contributed by atoms with E-state index >= 15 is 0 Å². The van der Waals surface area contributed by atoms with E-state index in [0.29, 0.717) is 11.3 Å². The van der Waals surface area contributed by atoms with Crippen LogP contribution in [-0.4, -0.2) is 38.2 Å². The van der Waals surface area contributed by atoms with Crippen molar-refractivity contribution in [1.82, 2.24) is 10.0 Å². The van der Waals surface area contributed by atoms with Gasteiger partial charge in [0.1, 0.15) is 4.90 Å². The number of non-ortho nitro benzene ring substituents is 1. The Morgan fingerprint density at radius 2 is 1.69 bits per heavy atom. The normalized spacial score (nSPS) is 11.6. The van der Waals surface area contributed by atoms with Crippen LogP contribution in [0.3, 0.4) is 0 Å². The van der Waals surface area contributed by atoms with Crippen LogP contribution in [0.4, 0.5) is 11.4 Å². The molecule has 0 saturated carbocycles. The molecule has 2 aromatic rings. The number of hydrogen-bond donors (Lipinski definition) is 3. The number of rotatable bonds is 8. The third kappa shape index (κ3) is 6.74. The summed E-state index contributed by atoms with van der Waals surface area (Å²) in [4.78, 5) is 33.9. The van der Waals surface area contributed by atoms with Crippen LogP contribution in [0, 0.1) is 15.5 Å². The van der Waals surface area contributed by atoms with Crippen LogP contribution >= 0.6 is 11.6 Å². The molecular formula is C20H23ClN4O6S. The van der Waals surface area contributed by atoms with Crippen LogP contribution in [0.2, 0.25) is 5.02 Å². The van der Waals surface area contributed by atoms with Crippen molar-refractivity contribution < 1.29 is 22.9 Å². The molecule has 2 rings (SSSR count). The van der Waals surface area contributed by atoms with Crippen molar-refractivity contribution in [2.24, 2.45) is 5.41 Å². The second-order valence-electron chi connectivity index (χ2n) is 7.81. The van der Waals surface area contributed by atoms with Gasteiger partial charge < -0.3 is 10.6 Å². The molecule has 0 heterocycles. The summed E-state index contributed by atoms with van der Waals surface area (Å²) < 4.78 is 27.0. The summed E-state index contributed by atoms with van der Waals surface area (Å²) >= 11 is 5.86. The number of hydrogen-bond acceptors (Lipinski definition) is 6. The highest BCUT2D eigenvalue weighted by Crippen LogP contribution is 2.25. The molecule has 0 saturated heterocycles. The minimum absolute atomic E-state index is 0.0346. The van der Waals surface area contributed by atoms with Crippen LogP contribution in [-0.2, 0) is 14.8 Å². The molecule has 12 heteroatoms. The predicted octanol–water partition coefficient (Wildman–Crippen LogP) is 2.94. The molecule has 3 N–H and O–H groups in total. The smallest absolute Gasteiger partial charge is 0.270 e. The fourth-order valence-electron chi connectivity index (χ4n) is 2.38. The summed E-state index contributed by atoms with van der Waals surface area (Å²) in [5.74, 6) is -0.600. The van der Waals surface area contributed by atoms with Gasteiger partial charge in [-0.05, 0) is 30.3 Å². The van der Waals surface area contributed by atoms with Gasteiger partial charge in [0.25, 0.3) is 11.6 Å². The molecule has 0 fully saturated rings. The number of benzene rings is 2. The second kappa shape index (κ2) is 10.1. The van der Waals surface area contributed by atoms with Crippen molar-refractivity contribution in [3.05, 3.63) is 63.2 Å². The third-order valence-electron chi connectivity index (χ3n) is 4.20. The van der Waals surface area contributed by atoms with Crippen molar-refractivity contribution >= 4 is 44.8 Å². The molecule has 0 aliphatic rings. The van der Waals surface area contributed by atoms with Gasteiger partial charge in [-0.25, -0.2) is 13.1 Å². The zero-order valence-corrected chi connectivity index (χ0v) is 19.2. The number of anilines is 1. The Balaban J connectivity index is 1.91. The first-order valence-corrected chi connectivity index (χ1v) is 11.3. The minimum Gasteiger partial charge on any atom is -0.351 e. The average molecular weight is 483 g/mol. The summed E-state index contributed by atoms with van der Waals surface area (Å²) in [7, 11) is -4.12. The topological polar surface area (TPSA) is 148 Å². The van der Waals surface area contributed by atoms with E-state index in [4.69, 9.17) is 11.6 Å². The summed E-state index contributed by atoms with van der Waals surface area (Å²) in [6.07, 6.45) is 0. The molecule has 0 unspecified atom stereocenters. The van der Waals surface area contributed by atoms with Crippen molar-refractivity contribution in [1.29, 1.82) is 0 Å². The maximum Gasteiger partial charge on any atom is 0.270 e. The molecule has 0 aliphatic heterocycles. The van der Waals surface area contributed by atoms with Gasteiger partial charge in [-0.3, -0.25) is 19.7 Å². The summed E-state index contributed by atoms with van der Waals surface area (Å²) in [6.45, 7) is 5.15. The van der Waals surface area contributed by atoms with Crippen LogP contribution < -0.4 is 15.4 Å². The highest BCUT2D eigenvalue weighted by molar-refractivity contribution is 7.89. The van der Waals surface area contributed by atoms with Gasteiger partial charge in [-0.15, -0.1) is 0 Å². The highest BCUT2D eigenvalue weighted by Gasteiger charge is 2.22. The Labute approximate surface area is 190 Å². The Kier molecular flexibility index (Phi) is 7.94. The van der Waals surface area contributed by atoms with Gasteiger partial charge in [-0.2, -0.15) is 0 Å². The fourth-order valence-corrected chi connectivity index (χ4v) is 3.93. The largest absolute Gasteiger partial charge is 0.351 e. The van der Waals surface area contributed by atoms with Gasteiger partial charge in [0.05, 0.1) is 9.95 Å². The SMILES string of the molecule is CC(C)(C)C(=O)Nc1ccc(C(=O)NCCNS(=O)(=O)c2cc([N+](=O)[O-])ccc2Cl)cc1. The molecule has 0 spiro atoms. The summed E-state index contributed by atoms with van der Waals surface area (Å²) in [6, 6.07) is 9.33. The zero-order valence-electron chi connectivity index (χ0n) is 17.6. The third-order valence-corrected chi connectivity index (χ3v) is 6.15. The van der Waals surface area contributed by atoms with Crippen molar-refractivity contribution in [3.63, 3.8) is 0 Å². The number of nitro benzene ring substituents is 1. The first kappa shape index (κ1) is 25.2. The number of nitrogens with one attached hydrogen (secondary N) is 3. The quantitative estimate of drug-likeness (QED) is 0.299. The van der Waals surface area contributed by atoms with E-state index in [0.717, 1.165) is 18.2 Å². The molecule has 32 heavy (non-hydrogen) atoms. The lowest BCUT2D eigenvalue weighted by Crippen LogP contribution is -2.34. The molecule has 0 aliphatic carbocycles. The molecule has 2 amide bonds. The van der Waals surface area contributed by atoms with Crippen LogP contribution in [0.15, 0.2) is 47.4 Å². The molecule has 0 bridgehead atoms. The first-order valence-electron chi connectivity index (χ1n) is 9.44. The maximum absolute atomic E-state index is 12.4. The molecule has 172 valence electrons. The van der Waals surface area contributed by atoms with Gasteiger partial charge in [-0.1, -0.05) is 32.4 Å². The van der Waals surface area contributed by atoms with E-state index in [9.17, 15) is 28.1 Å². The number of halogens is 1. The first-order chi connectivity index (χ1) is 14.8. The highest BCUT2D eigenvalue weighted by atomic mass is 35.5. The molecule has 10 nitrogen and oxygen atoms in total. The zero-order chi connectivity index (χ0) is 24.1. The lowest BCUT2D eigenvalue weighted by Gasteiger charge is -2.17. The van der Waals surface area contributed by atoms with Crippen molar-refractivity contribution in [3.8, 4) is 0 Å². The average Bonchev–Trinajstić information content (AvgIpc) is 2.71. The number of nitrogens with zero attached hydrogens (tertiary/aromatic N) is 1. The van der Waals surface area contributed by atoms with E-state index in [1.807, 2.05) is 0 Å². The Morgan fingerprint density at radius 1 is 1.06 bits per heavy atom. The predicted molar refractivity (Wildman–Crippen MR) is 120 cm³/mol. The van der Waals surface area contributed by atoms with Gasteiger partial charge in [0, 0.05) is 41.9 Å². The molecular weight excluding hydrogens is 460 g/mol. The summed E-state index contributed by atoms with van der Waals surface area (Å²) in [5.41, 5.74) is -0.102. The molecule has 0 radical (unpaired) electrons. The molecule has 0 aromatic heterocycles. The van der Waals surface area contributed by atoms with Gasteiger partial charge in [0.15, 0.2) is 0 Å². The van der Waals surface area contributed by atoms with E-state index < -0.39 is 36.9 Å². The fraction of sp³-hybridized carbons (Fsp3) is 0.300. The monoisotopic (exact) mass is 482 g/mol. The number of amides is 2. The van der Waals surface area contributed by atoms with E-state index in [2.05, 4.69) is 15.4 Å². The van der Waals surface area contributed by atoms with Crippen molar-refractivity contribution in [2.45, 2.75) is 25.7 Å². The minimum atomic E-state index is -4.12. The lowest BCUT2D eigenvalue weighted by molar-refractivity contribution is -0.385. The number of nitro groups is 1. The maximum atomic E-state index is 12.4. The Bertz CT molecular complexity index is 1130. The molecule has 0 atom stereocenters. The van der Waals surface area contributed by atoms with Gasteiger partial charge >= 0.3 is 0 Å². The molecule has 2 aromatic carbocycles. The van der Waals surface area contributed by atoms with E-state index in [1.54, 1.807) is 32.9 Å². The number of carbonyl (C=O) groups is 2. The van der Waals surface area contributed by atoms with Crippen LogP contribution in [0.5, 0.6) is 0 Å². The number of carbonyl (C=O) groups excluding carboxylic acids is 2. The van der Waals surface area contributed by atoms with E-state index in [1.165, 1.54) is 12.1 Å². The Morgan fingerprint density at radius 3 is 2.25 bits per heavy atom. The summed E-state index contributed by atoms with van der Waals surface area (Å²) in [5, 5.41) is 16.0. The number of sulfonamides is 1. The van der Waals surface area contributed by atoms with Crippen molar-refractivity contribution in [2.75, 3.05) is 18.4 Å². The lowest BCUT2D eigenvalue weighted by atomic mass is 9.95.